The number of rotatable bonds is 3. The first kappa shape index (κ1) is 14.5. The molecule has 4 rings (SSSR count). The highest BCUT2D eigenvalue weighted by Gasteiger charge is 2.33. The maximum absolute atomic E-state index is 12.5. The van der Waals surface area contributed by atoms with E-state index in [-0.39, 0.29) is 12.0 Å². The second-order valence-corrected chi connectivity index (χ2v) is 6.73. The van der Waals surface area contributed by atoms with E-state index >= 15 is 0 Å². The molecule has 1 unspecified atom stereocenters. The van der Waals surface area contributed by atoms with Gasteiger partial charge in [0, 0.05) is 44.5 Å². The van der Waals surface area contributed by atoms with Crippen molar-refractivity contribution in [3.8, 4) is 0 Å². The van der Waals surface area contributed by atoms with Crippen LogP contribution in [0.2, 0.25) is 0 Å². The highest BCUT2D eigenvalue weighted by atomic mass is 16.2. The van der Waals surface area contributed by atoms with Crippen LogP contribution >= 0.6 is 0 Å². The third kappa shape index (κ3) is 2.56. The molecule has 3 heterocycles. The maximum atomic E-state index is 12.5. The van der Waals surface area contributed by atoms with E-state index < -0.39 is 0 Å². The van der Waals surface area contributed by atoms with Crippen LogP contribution in [0.4, 0.5) is 5.82 Å². The highest BCUT2D eigenvalue weighted by molar-refractivity contribution is 5.79. The zero-order chi connectivity index (χ0) is 15.8. The van der Waals surface area contributed by atoms with Gasteiger partial charge < -0.3 is 9.80 Å². The molecule has 0 radical (unpaired) electrons. The van der Waals surface area contributed by atoms with Gasteiger partial charge in [0.2, 0.25) is 5.91 Å². The fraction of sp³-hybridized carbons (Fsp3) is 0.588. The number of likely N-dealkylation sites (N-methyl/N-ethyl adjacent to an activating group) is 1. The van der Waals surface area contributed by atoms with Gasteiger partial charge in [0.05, 0.1) is 6.20 Å². The number of aromatic nitrogens is 3. The van der Waals surface area contributed by atoms with Crippen molar-refractivity contribution in [1.29, 1.82) is 0 Å². The summed E-state index contributed by atoms with van der Waals surface area (Å²) in [4.78, 5) is 21.4. The lowest BCUT2D eigenvalue weighted by atomic mass is 9.84. The minimum atomic E-state index is 0.270. The average molecular weight is 313 g/mol. The molecule has 1 saturated heterocycles. The average Bonchev–Trinajstić information content (AvgIpc) is 3.01. The van der Waals surface area contributed by atoms with Gasteiger partial charge in [-0.1, -0.05) is 6.42 Å². The van der Waals surface area contributed by atoms with Crippen LogP contribution in [0.5, 0.6) is 0 Å². The van der Waals surface area contributed by atoms with Crippen molar-refractivity contribution in [2.75, 3.05) is 25.0 Å². The van der Waals surface area contributed by atoms with Gasteiger partial charge >= 0.3 is 0 Å². The van der Waals surface area contributed by atoms with Crippen molar-refractivity contribution >= 4 is 17.2 Å². The molecule has 1 amide bonds. The minimum Gasteiger partial charge on any atom is -0.353 e. The van der Waals surface area contributed by atoms with E-state index in [2.05, 4.69) is 15.0 Å². The number of amides is 1. The smallest absolute Gasteiger partial charge is 0.225 e. The number of nitrogens with zero attached hydrogens (tertiary/aromatic N) is 5. The van der Waals surface area contributed by atoms with Gasteiger partial charge in [0.25, 0.3) is 0 Å². The molecular weight excluding hydrogens is 290 g/mol. The zero-order valence-electron chi connectivity index (χ0n) is 13.6. The summed E-state index contributed by atoms with van der Waals surface area (Å²) in [6, 6.07) is 2.27. The summed E-state index contributed by atoms with van der Waals surface area (Å²) in [7, 11) is 1.97. The van der Waals surface area contributed by atoms with E-state index in [4.69, 9.17) is 0 Å². The second-order valence-electron chi connectivity index (χ2n) is 6.73. The van der Waals surface area contributed by atoms with E-state index in [0.717, 1.165) is 50.1 Å². The molecule has 0 N–H and O–H groups in total. The van der Waals surface area contributed by atoms with Gasteiger partial charge in [-0.2, -0.15) is 5.10 Å². The van der Waals surface area contributed by atoms with E-state index in [1.165, 1.54) is 6.42 Å². The Bertz CT molecular complexity index is 708. The SMILES string of the molecule is CN(C(=O)C1CCC1)C1CCCN(c2nccn3nccc23)C1. The maximum Gasteiger partial charge on any atom is 0.225 e. The minimum absolute atomic E-state index is 0.270. The van der Waals surface area contributed by atoms with Gasteiger partial charge in [-0.25, -0.2) is 9.50 Å². The van der Waals surface area contributed by atoms with Crippen molar-refractivity contribution in [3.63, 3.8) is 0 Å². The topological polar surface area (TPSA) is 53.7 Å². The fourth-order valence-corrected chi connectivity index (χ4v) is 3.67. The van der Waals surface area contributed by atoms with E-state index in [0.29, 0.717) is 5.91 Å². The Morgan fingerprint density at radius 2 is 2.13 bits per heavy atom. The molecule has 6 heteroatoms. The quantitative estimate of drug-likeness (QED) is 0.869. The van der Waals surface area contributed by atoms with Crippen LogP contribution in [0.1, 0.15) is 32.1 Å². The number of hydrogen-bond acceptors (Lipinski definition) is 4. The van der Waals surface area contributed by atoms with E-state index in [1.54, 1.807) is 12.4 Å². The van der Waals surface area contributed by atoms with Crippen LogP contribution in [0.3, 0.4) is 0 Å². The highest BCUT2D eigenvalue weighted by Crippen LogP contribution is 2.30. The van der Waals surface area contributed by atoms with Crippen LogP contribution in [-0.4, -0.2) is 51.6 Å². The number of carbonyl (C=O) groups excluding carboxylic acids is 1. The van der Waals surface area contributed by atoms with Gasteiger partial charge in [-0.15, -0.1) is 0 Å². The first-order valence-corrected chi connectivity index (χ1v) is 8.54. The fourth-order valence-electron chi connectivity index (χ4n) is 3.67. The van der Waals surface area contributed by atoms with Crippen molar-refractivity contribution in [2.24, 2.45) is 5.92 Å². The van der Waals surface area contributed by atoms with Gasteiger partial charge in [0.15, 0.2) is 5.82 Å². The molecule has 23 heavy (non-hydrogen) atoms. The molecule has 0 aromatic carbocycles. The van der Waals surface area contributed by atoms with Gasteiger partial charge in [-0.3, -0.25) is 4.79 Å². The van der Waals surface area contributed by atoms with Crippen LogP contribution in [0.15, 0.2) is 24.7 Å². The Labute approximate surface area is 136 Å². The summed E-state index contributed by atoms with van der Waals surface area (Å²) >= 11 is 0. The zero-order valence-corrected chi connectivity index (χ0v) is 13.6. The lowest BCUT2D eigenvalue weighted by Crippen LogP contribution is -2.51. The second kappa shape index (κ2) is 5.83. The molecule has 2 aromatic rings. The normalized spacial score (nSPS) is 22.1. The molecule has 122 valence electrons. The molecule has 2 fully saturated rings. The molecule has 1 aliphatic heterocycles. The largest absolute Gasteiger partial charge is 0.353 e. The number of piperidine rings is 1. The molecule has 6 nitrogen and oxygen atoms in total. The number of anilines is 1. The van der Waals surface area contributed by atoms with Crippen LogP contribution < -0.4 is 4.90 Å². The third-order valence-electron chi connectivity index (χ3n) is 5.35. The Kier molecular flexibility index (Phi) is 3.67. The monoisotopic (exact) mass is 313 g/mol. The molecular formula is C17H23N5O. The predicted octanol–water partition coefficient (Wildman–Crippen LogP) is 1.96. The summed E-state index contributed by atoms with van der Waals surface area (Å²) < 4.78 is 1.86. The Morgan fingerprint density at radius 3 is 2.91 bits per heavy atom. The number of hydrogen-bond donors (Lipinski definition) is 0. The number of fused-ring (bicyclic) bond motifs is 1. The summed E-state index contributed by atoms with van der Waals surface area (Å²) in [6.07, 6.45) is 11.0. The Hall–Kier alpha value is -2.11. The lowest BCUT2D eigenvalue weighted by Gasteiger charge is -2.40. The summed E-state index contributed by atoms with van der Waals surface area (Å²) in [6.45, 7) is 1.84. The molecule has 2 aromatic heterocycles. The number of carbonyl (C=O) groups is 1. The first-order chi connectivity index (χ1) is 11.2. The third-order valence-corrected chi connectivity index (χ3v) is 5.35. The molecule has 1 aliphatic carbocycles. The van der Waals surface area contributed by atoms with Crippen molar-refractivity contribution < 1.29 is 4.79 Å². The van der Waals surface area contributed by atoms with Crippen molar-refractivity contribution in [2.45, 2.75) is 38.1 Å². The van der Waals surface area contributed by atoms with E-state index in [9.17, 15) is 4.79 Å². The van der Waals surface area contributed by atoms with Crippen molar-refractivity contribution in [1.82, 2.24) is 19.5 Å². The molecule has 1 saturated carbocycles. The van der Waals surface area contributed by atoms with Crippen molar-refractivity contribution in [3.05, 3.63) is 24.7 Å². The van der Waals surface area contributed by atoms with E-state index in [1.807, 2.05) is 28.7 Å². The van der Waals surface area contributed by atoms with Crippen LogP contribution in [-0.2, 0) is 4.79 Å². The molecule has 0 spiro atoms. The molecule has 1 atom stereocenters. The summed E-state index contributed by atoms with van der Waals surface area (Å²) in [5.74, 6) is 1.57. The Balaban J connectivity index is 1.52. The van der Waals surface area contributed by atoms with Gasteiger partial charge in [-0.05, 0) is 31.7 Å². The molecule has 0 bridgehead atoms. The summed E-state index contributed by atoms with van der Waals surface area (Å²) in [5.41, 5.74) is 1.03. The lowest BCUT2D eigenvalue weighted by molar-refractivity contribution is -0.139. The summed E-state index contributed by atoms with van der Waals surface area (Å²) in [5, 5.41) is 4.28. The Morgan fingerprint density at radius 1 is 1.26 bits per heavy atom. The molecule has 2 aliphatic rings. The predicted molar refractivity (Wildman–Crippen MR) is 88.3 cm³/mol. The first-order valence-electron chi connectivity index (χ1n) is 8.54. The van der Waals surface area contributed by atoms with Crippen LogP contribution in [0.25, 0.3) is 5.52 Å². The van der Waals surface area contributed by atoms with Gasteiger partial charge in [0.1, 0.15) is 5.52 Å². The van der Waals surface area contributed by atoms with Crippen LogP contribution in [0, 0.1) is 5.92 Å². The standard InChI is InChI=1S/C17H23N5O/c1-20(17(23)13-4-2-5-13)14-6-3-10-21(12-14)16-15-7-8-19-22(15)11-9-18-16/h7-9,11,13-14H,2-6,10,12H2,1H3.